The van der Waals surface area contributed by atoms with Gasteiger partial charge in [0.25, 0.3) is 0 Å². The Kier molecular flexibility index (Phi) is 6.77. The maximum absolute atomic E-state index is 5.35. The van der Waals surface area contributed by atoms with Gasteiger partial charge in [0.05, 0.1) is 20.3 Å². The molecule has 0 amide bonds. The normalized spacial score (nSPS) is 15.2. The van der Waals surface area contributed by atoms with E-state index in [1.807, 2.05) is 24.3 Å². The molecule has 22 heavy (non-hydrogen) atoms. The lowest BCUT2D eigenvalue weighted by Crippen LogP contribution is -2.37. The molecule has 0 aliphatic carbocycles. The predicted octanol–water partition coefficient (Wildman–Crippen LogP) is 2.10. The molecule has 120 valence electrons. The third kappa shape index (κ3) is 5.07. The lowest BCUT2D eigenvalue weighted by Gasteiger charge is -2.16. The number of ether oxygens (including phenoxy) is 2. The van der Waals surface area contributed by atoms with Crippen LogP contribution in [-0.4, -0.2) is 39.9 Å². The van der Waals surface area contributed by atoms with Crippen LogP contribution >= 0.6 is 0 Å². The van der Waals surface area contributed by atoms with Crippen LogP contribution in [0.25, 0.3) is 0 Å². The topological polar surface area (TPSA) is 54.9 Å². The van der Waals surface area contributed by atoms with E-state index in [2.05, 4.69) is 21.7 Å². The average molecular weight is 303 g/mol. The summed E-state index contributed by atoms with van der Waals surface area (Å²) in [6.45, 7) is 3.14. The molecule has 0 radical (unpaired) electrons. The lowest BCUT2D eigenvalue weighted by molar-refractivity contribution is 0.153. The van der Waals surface area contributed by atoms with E-state index < -0.39 is 0 Å². The number of methoxy groups -OCH3 is 1. The summed E-state index contributed by atoms with van der Waals surface area (Å²) in [5.74, 6) is 1.69. The van der Waals surface area contributed by atoms with Gasteiger partial charge in [-0.05, 0) is 18.9 Å². The molecule has 1 aliphatic rings. The Morgan fingerprint density at radius 1 is 1.32 bits per heavy atom. The Morgan fingerprint density at radius 3 is 2.91 bits per heavy atom. The molecule has 0 fully saturated rings. The van der Waals surface area contributed by atoms with Gasteiger partial charge in [0.2, 0.25) is 0 Å². The second-order valence-electron chi connectivity index (χ2n) is 5.10. The summed E-state index contributed by atoms with van der Waals surface area (Å²) in [4.78, 5) is 4.25. The Bertz CT molecular complexity index is 526. The van der Waals surface area contributed by atoms with Crippen LogP contribution in [0, 0.1) is 0 Å². The van der Waals surface area contributed by atoms with Crippen molar-refractivity contribution in [2.75, 3.05) is 33.9 Å². The van der Waals surface area contributed by atoms with Crippen molar-refractivity contribution in [1.82, 2.24) is 10.6 Å². The Hall–Kier alpha value is -2.01. The molecule has 0 atom stereocenters. The quantitative estimate of drug-likeness (QED) is 0.480. The lowest BCUT2D eigenvalue weighted by atomic mass is 10.1. The Labute approximate surface area is 132 Å². The largest absolute Gasteiger partial charge is 0.496 e. The van der Waals surface area contributed by atoms with Crippen LogP contribution in [0.4, 0.5) is 0 Å². The first-order valence-electron chi connectivity index (χ1n) is 7.65. The number of hydrogen-bond donors (Lipinski definition) is 2. The molecule has 2 rings (SSSR count). The minimum atomic E-state index is 0.681. The van der Waals surface area contributed by atoms with Gasteiger partial charge < -0.3 is 20.1 Å². The van der Waals surface area contributed by atoms with Gasteiger partial charge in [0.1, 0.15) is 5.75 Å². The van der Waals surface area contributed by atoms with Gasteiger partial charge in [-0.15, -0.1) is 0 Å². The van der Waals surface area contributed by atoms with E-state index in [-0.39, 0.29) is 0 Å². The first-order valence-corrected chi connectivity index (χ1v) is 7.65. The van der Waals surface area contributed by atoms with Gasteiger partial charge in [-0.25, -0.2) is 0 Å². The second-order valence-corrected chi connectivity index (χ2v) is 5.10. The van der Waals surface area contributed by atoms with Crippen molar-refractivity contribution in [3.63, 3.8) is 0 Å². The van der Waals surface area contributed by atoms with Gasteiger partial charge in [-0.3, -0.25) is 4.99 Å². The van der Waals surface area contributed by atoms with Gasteiger partial charge in [-0.1, -0.05) is 29.8 Å². The molecular weight excluding hydrogens is 278 g/mol. The third-order valence-corrected chi connectivity index (χ3v) is 3.66. The average Bonchev–Trinajstić information content (AvgIpc) is 2.59. The number of rotatable bonds is 6. The zero-order valence-electron chi connectivity index (χ0n) is 13.4. The highest BCUT2D eigenvalue weighted by Gasteiger charge is 2.05. The molecule has 0 saturated carbocycles. The first kappa shape index (κ1) is 16.4. The van der Waals surface area contributed by atoms with Gasteiger partial charge in [0, 0.05) is 25.7 Å². The molecular formula is C17H25N3O2. The predicted molar refractivity (Wildman–Crippen MR) is 89.3 cm³/mol. The van der Waals surface area contributed by atoms with E-state index >= 15 is 0 Å². The smallest absolute Gasteiger partial charge is 0.191 e. The van der Waals surface area contributed by atoms with Crippen molar-refractivity contribution in [1.29, 1.82) is 0 Å². The summed E-state index contributed by atoms with van der Waals surface area (Å²) >= 11 is 0. The SMILES string of the molecule is CN=C(NCCC1=CCOCC1)NCc1ccccc1OC. The molecule has 5 nitrogen and oxygen atoms in total. The number of hydrogen-bond acceptors (Lipinski definition) is 3. The fraction of sp³-hybridized carbons (Fsp3) is 0.471. The second kappa shape index (κ2) is 9.10. The molecule has 0 spiro atoms. The summed E-state index contributed by atoms with van der Waals surface area (Å²) in [7, 11) is 3.47. The maximum atomic E-state index is 5.35. The van der Waals surface area contributed by atoms with Crippen molar-refractivity contribution < 1.29 is 9.47 Å². The van der Waals surface area contributed by atoms with Crippen molar-refractivity contribution in [3.05, 3.63) is 41.5 Å². The Balaban J connectivity index is 1.76. The molecule has 1 aromatic rings. The molecule has 2 N–H and O–H groups in total. The zero-order chi connectivity index (χ0) is 15.6. The van der Waals surface area contributed by atoms with Crippen LogP contribution in [-0.2, 0) is 11.3 Å². The van der Waals surface area contributed by atoms with Crippen molar-refractivity contribution in [2.45, 2.75) is 19.4 Å². The van der Waals surface area contributed by atoms with Crippen molar-refractivity contribution in [3.8, 4) is 5.75 Å². The molecule has 0 unspecified atom stereocenters. The number of para-hydroxylation sites is 1. The molecule has 1 aliphatic heterocycles. The van der Waals surface area contributed by atoms with Crippen molar-refractivity contribution >= 4 is 5.96 Å². The standard InChI is InChI=1S/C17H25N3O2/c1-18-17(19-10-7-14-8-11-22-12-9-14)20-13-15-5-3-4-6-16(15)21-2/h3-6,8H,7,9-13H2,1-2H3,(H2,18,19,20). The van der Waals surface area contributed by atoms with E-state index in [0.29, 0.717) is 6.54 Å². The fourth-order valence-electron chi connectivity index (χ4n) is 2.38. The van der Waals surface area contributed by atoms with Crippen LogP contribution in [0.5, 0.6) is 5.75 Å². The number of guanidine groups is 1. The van der Waals surface area contributed by atoms with Crippen LogP contribution < -0.4 is 15.4 Å². The summed E-state index contributed by atoms with van der Waals surface area (Å²) in [6.07, 6.45) is 4.24. The van der Waals surface area contributed by atoms with Gasteiger partial charge in [0.15, 0.2) is 5.96 Å². The first-order chi connectivity index (χ1) is 10.8. The fourth-order valence-corrected chi connectivity index (χ4v) is 2.38. The number of aliphatic imine (C=N–C) groups is 1. The van der Waals surface area contributed by atoms with Gasteiger partial charge >= 0.3 is 0 Å². The molecule has 0 bridgehead atoms. The number of nitrogens with zero attached hydrogens (tertiary/aromatic N) is 1. The highest BCUT2D eigenvalue weighted by molar-refractivity contribution is 5.79. The minimum absolute atomic E-state index is 0.681. The van der Waals surface area contributed by atoms with E-state index in [1.165, 1.54) is 5.57 Å². The van der Waals surface area contributed by atoms with Crippen LogP contribution in [0.15, 0.2) is 40.9 Å². The van der Waals surface area contributed by atoms with Crippen molar-refractivity contribution in [2.24, 2.45) is 4.99 Å². The summed E-state index contributed by atoms with van der Waals surface area (Å²) in [6, 6.07) is 7.99. The molecule has 1 heterocycles. The van der Waals surface area contributed by atoms with E-state index in [1.54, 1.807) is 14.2 Å². The molecule has 0 aromatic heterocycles. The number of nitrogens with one attached hydrogen (secondary N) is 2. The molecule has 1 aromatic carbocycles. The van der Waals surface area contributed by atoms with Crippen LogP contribution in [0.1, 0.15) is 18.4 Å². The van der Waals surface area contributed by atoms with E-state index in [0.717, 1.165) is 49.9 Å². The number of benzene rings is 1. The summed E-state index contributed by atoms with van der Waals surface area (Å²) in [5.41, 5.74) is 2.57. The summed E-state index contributed by atoms with van der Waals surface area (Å²) < 4.78 is 10.7. The highest BCUT2D eigenvalue weighted by atomic mass is 16.5. The monoisotopic (exact) mass is 303 g/mol. The Morgan fingerprint density at radius 2 is 2.18 bits per heavy atom. The van der Waals surface area contributed by atoms with E-state index in [9.17, 15) is 0 Å². The van der Waals surface area contributed by atoms with E-state index in [4.69, 9.17) is 9.47 Å². The maximum Gasteiger partial charge on any atom is 0.191 e. The van der Waals surface area contributed by atoms with Gasteiger partial charge in [-0.2, -0.15) is 0 Å². The molecule has 0 saturated heterocycles. The highest BCUT2D eigenvalue weighted by Crippen LogP contribution is 2.16. The van der Waals surface area contributed by atoms with Crippen LogP contribution in [0.2, 0.25) is 0 Å². The zero-order valence-corrected chi connectivity index (χ0v) is 13.4. The van der Waals surface area contributed by atoms with Crippen LogP contribution in [0.3, 0.4) is 0 Å². The summed E-state index contributed by atoms with van der Waals surface area (Å²) in [5, 5.41) is 6.65. The molecule has 5 heteroatoms. The minimum Gasteiger partial charge on any atom is -0.496 e. The third-order valence-electron chi connectivity index (χ3n) is 3.66.